The fourth-order valence-corrected chi connectivity index (χ4v) is 3.28. The van der Waals surface area contributed by atoms with Crippen LogP contribution in [0.25, 0.3) is 0 Å². The molecule has 1 fully saturated rings. The van der Waals surface area contributed by atoms with E-state index >= 15 is 0 Å². The number of hydrogen-bond acceptors (Lipinski definition) is 3. The van der Waals surface area contributed by atoms with E-state index in [-0.39, 0.29) is 0 Å². The van der Waals surface area contributed by atoms with Gasteiger partial charge in [0.15, 0.2) is 0 Å². The van der Waals surface area contributed by atoms with E-state index in [0.29, 0.717) is 6.04 Å². The van der Waals surface area contributed by atoms with Gasteiger partial charge < -0.3 is 5.73 Å². The lowest BCUT2D eigenvalue weighted by Crippen LogP contribution is -2.51. The second-order valence-electron chi connectivity index (χ2n) is 6.11. The normalized spacial score (nSPS) is 19.2. The minimum Gasteiger partial charge on any atom is -0.329 e. The van der Waals surface area contributed by atoms with Gasteiger partial charge in [0.1, 0.15) is 0 Å². The number of nitrogens with two attached hydrogens (primary N) is 1. The molecule has 1 aromatic carbocycles. The molecule has 2 rings (SSSR count). The van der Waals surface area contributed by atoms with Gasteiger partial charge in [-0.25, -0.2) is 0 Å². The van der Waals surface area contributed by atoms with Crippen LogP contribution in [-0.4, -0.2) is 48.6 Å². The molecule has 3 heteroatoms. The second kappa shape index (κ2) is 7.21. The third kappa shape index (κ3) is 4.05. The van der Waals surface area contributed by atoms with Crippen molar-refractivity contribution in [3.05, 3.63) is 34.9 Å². The van der Waals surface area contributed by atoms with Gasteiger partial charge in [0.2, 0.25) is 0 Å². The van der Waals surface area contributed by atoms with Gasteiger partial charge in [0, 0.05) is 45.3 Å². The standard InChI is InChI=1S/C17H29N3/c1-4-17(12-18)20-7-5-19(6-8-20)13-16-10-14(2)9-15(3)11-16/h9-11,17H,4-8,12-13,18H2,1-3H3. The van der Waals surface area contributed by atoms with Crippen LogP contribution >= 0.6 is 0 Å². The zero-order valence-electron chi connectivity index (χ0n) is 13.2. The molecular weight excluding hydrogens is 246 g/mol. The van der Waals surface area contributed by atoms with E-state index in [2.05, 4.69) is 48.8 Å². The van der Waals surface area contributed by atoms with Crippen LogP contribution in [-0.2, 0) is 6.54 Å². The average Bonchev–Trinajstić information content (AvgIpc) is 2.41. The van der Waals surface area contributed by atoms with Gasteiger partial charge in [-0.05, 0) is 25.8 Å². The molecule has 0 aromatic heterocycles. The maximum absolute atomic E-state index is 5.85. The summed E-state index contributed by atoms with van der Waals surface area (Å²) in [5.74, 6) is 0. The van der Waals surface area contributed by atoms with Crippen LogP contribution in [0.5, 0.6) is 0 Å². The Kier molecular flexibility index (Phi) is 5.58. The number of aryl methyl sites for hydroxylation is 2. The summed E-state index contributed by atoms with van der Waals surface area (Å²) in [6.45, 7) is 13.1. The van der Waals surface area contributed by atoms with Crippen molar-refractivity contribution in [1.82, 2.24) is 9.80 Å². The Morgan fingerprint density at radius 3 is 2.15 bits per heavy atom. The molecule has 1 aromatic rings. The van der Waals surface area contributed by atoms with E-state index in [9.17, 15) is 0 Å². The van der Waals surface area contributed by atoms with Gasteiger partial charge in [-0.1, -0.05) is 36.2 Å². The van der Waals surface area contributed by atoms with E-state index in [1.54, 1.807) is 0 Å². The molecular formula is C17H29N3. The van der Waals surface area contributed by atoms with Gasteiger partial charge >= 0.3 is 0 Å². The summed E-state index contributed by atoms with van der Waals surface area (Å²) < 4.78 is 0. The molecule has 1 unspecified atom stereocenters. The largest absolute Gasteiger partial charge is 0.329 e. The first kappa shape index (κ1) is 15.5. The molecule has 0 bridgehead atoms. The van der Waals surface area contributed by atoms with Crippen LogP contribution in [0, 0.1) is 13.8 Å². The molecule has 1 saturated heterocycles. The molecule has 3 nitrogen and oxygen atoms in total. The van der Waals surface area contributed by atoms with Gasteiger partial charge in [-0.2, -0.15) is 0 Å². The number of piperazine rings is 1. The van der Waals surface area contributed by atoms with Crippen LogP contribution in [0.15, 0.2) is 18.2 Å². The highest BCUT2D eigenvalue weighted by atomic mass is 15.3. The minimum atomic E-state index is 0.568. The Morgan fingerprint density at radius 1 is 1.05 bits per heavy atom. The van der Waals surface area contributed by atoms with Gasteiger partial charge in [0.05, 0.1) is 0 Å². The van der Waals surface area contributed by atoms with Gasteiger partial charge in [-0.3, -0.25) is 9.80 Å². The summed E-state index contributed by atoms with van der Waals surface area (Å²) in [7, 11) is 0. The average molecular weight is 275 g/mol. The number of nitrogens with zero attached hydrogens (tertiary/aromatic N) is 2. The first-order chi connectivity index (χ1) is 9.62. The minimum absolute atomic E-state index is 0.568. The summed E-state index contributed by atoms with van der Waals surface area (Å²) in [5.41, 5.74) is 10.0. The topological polar surface area (TPSA) is 32.5 Å². The molecule has 112 valence electrons. The second-order valence-corrected chi connectivity index (χ2v) is 6.11. The predicted molar refractivity (Wildman–Crippen MR) is 85.9 cm³/mol. The van der Waals surface area contributed by atoms with E-state index in [0.717, 1.165) is 45.7 Å². The van der Waals surface area contributed by atoms with Crippen molar-refractivity contribution in [2.45, 2.75) is 39.8 Å². The van der Waals surface area contributed by atoms with Gasteiger partial charge in [-0.15, -0.1) is 0 Å². The lowest BCUT2D eigenvalue weighted by molar-refractivity contribution is 0.0926. The molecule has 0 spiro atoms. The summed E-state index contributed by atoms with van der Waals surface area (Å²) in [6, 6.07) is 7.44. The third-order valence-electron chi connectivity index (χ3n) is 4.35. The summed E-state index contributed by atoms with van der Waals surface area (Å²) in [5, 5.41) is 0. The van der Waals surface area contributed by atoms with Crippen LogP contribution in [0.4, 0.5) is 0 Å². The highest BCUT2D eigenvalue weighted by Gasteiger charge is 2.21. The monoisotopic (exact) mass is 275 g/mol. The fourth-order valence-electron chi connectivity index (χ4n) is 3.28. The molecule has 1 heterocycles. The van der Waals surface area contributed by atoms with Crippen molar-refractivity contribution in [3.63, 3.8) is 0 Å². The molecule has 2 N–H and O–H groups in total. The molecule has 0 amide bonds. The Balaban J connectivity index is 1.88. The number of benzene rings is 1. The van der Waals surface area contributed by atoms with Crippen LogP contribution in [0.3, 0.4) is 0 Å². The zero-order chi connectivity index (χ0) is 14.5. The van der Waals surface area contributed by atoms with Crippen molar-refractivity contribution < 1.29 is 0 Å². The smallest absolute Gasteiger partial charge is 0.0235 e. The summed E-state index contributed by atoms with van der Waals surface area (Å²) in [6.07, 6.45) is 1.16. The van der Waals surface area contributed by atoms with E-state index in [1.165, 1.54) is 16.7 Å². The molecule has 20 heavy (non-hydrogen) atoms. The molecule has 1 aliphatic heterocycles. The molecule has 0 aliphatic carbocycles. The maximum atomic E-state index is 5.85. The SMILES string of the molecule is CCC(CN)N1CCN(Cc2cc(C)cc(C)c2)CC1. The zero-order valence-corrected chi connectivity index (χ0v) is 13.2. The molecule has 1 aliphatic rings. The van der Waals surface area contributed by atoms with Crippen molar-refractivity contribution in [1.29, 1.82) is 0 Å². The molecule has 1 atom stereocenters. The Hall–Kier alpha value is -0.900. The van der Waals surface area contributed by atoms with Crippen molar-refractivity contribution in [2.24, 2.45) is 5.73 Å². The lowest BCUT2D eigenvalue weighted by Gasteiger charge is -2.38. The highest BCUT2D eigenvalue weighted by Crippen LogP contribution is 2.14. The summed E-state index contributed by atoms with van der Waals surface area (Å²) in [4.78, 5) is 5.12. The third-order valence-corrected chi connectivity index (χ3v) is 4.35. The Bertz CT molecular complexity index is 398. The first-order valence-electron chi connectivity index (χ1n) is 7.86. The highest BCUT2D eigenvalue weighted by molar-refractivity contribution is 5.28. The van der Waals surface area contributed by atoms with E-state index < -0.39 is 0 Å². The quantitative estimate of drug-likeness (QED) is 0.894. The van der Waals surface area contributed by atoms with Gasteiger partial charge in [0.25, 0.3) is 0 Å². The fraction of sp³-hybridized carbons (Fsp3) is 0.647. The first-order valence-corrected chi connectivity index (χ1v) is 7.86. The number of rotatable bonds is 5. The Labute approximate surface area is 123 Å². The van der Waals surface area contributed by atoms with Crippen LogP contribution in [0.2, 0.25) is 0 Å². The Morgan fingerprint density at radius 2 is 1.65 bits per heavy atom. The van der Waals surface area contributed by atoms with Crippen molar-refractivity contribution in [2.75, 3.05) is 32.7 Å². The van der Waals surface area contributed by atoms with E-state index in [1.807, 2.05) is 0 Å². The predicted octanol–water partition coefficient (Wildman–Crippen LogP) is 2.16. The van der Waals surface area contributed by atoms with Crippen molar-refractivity contribution in [3.8, 4) is 0 Å². The van der Waals surface area contributed by atoms with Crippen molar-refractivity contribution >= 4 is 0 Å². The van der Waals surface area contributed by atoms with Crippen LogP contribution in [0.1, 0.15) is 30.0 Å². The summed E-state index contributed by atoms with van der Waals surface area (Å²) >= 11 is 0. The lowest BCUT2D eigenvalue weighted by atomic mass is 10.1. The van der Waals surface area contributed by atoms with E-state index in [4.69, 9.17) is 5.73 Å². The maximum Gasteiger partial charge on any atom is 0.0235 e. The van der Waals surface area contributed by atoms with Crippen LogP contribution < -0.4 is 5.73 Å². The molecule has 0 saturated carbocycles. The molecule has 0 radical (unpaired) electrons. The number of hydrogen-bond donors (Lipinski definition) is 1.